The largest absolute Gasteiger partial charge is 0.388 e. The molecule has 0 amide bonds. The first kappa shape index (κ1) is 11.4. The fourth-order valence-corrected chi connectivity index (χ4v) is 1.31. The first-order chi connectivity index (χ1) is 8.15. The van der Waals surface area contributed by atoms with Gasteiger partial charge < -0.3 is 11.1 Å². The van der Waals surface area contributed by atoms with Crippen LogP contribution >= 0.6 is 12.2 Å². The van der Waals surface area contributed by atoms with E-state index in [-0.39, 0.29) is 10.8 Å². The van der Waals surface area contributed by atoms with E-state index in [4.69, 9.17) is 18.0 Å². The van der Waals surface area contributed by atoms with Crippen LogP contribution in [0.3, 0.4) is 0 Å². The maximum atomic E-state index is 12.7. The maximum Gasteiger partial charge on any atom is 0.148 e. The van der Waals surface area contributed by atoms with Crippen LogP contribution in [-0.4, -0.2) is 15.0 Å². The average molecular weight is 248 g/mol. The molecule has 2 rings (SSSR count). The van der Waals surface area contributed by atoms with E-state index in [2.05, 4.69) is 15.3 Å². The number of anilines is 2. The number of rotatable bonds is 3. The fraction of sp³-hybridized carbons (Fsp3) is 0. The number of nitrogens with zero attached hydrogens (tertiary/aromatic N) is 2. The lowest BCUT2D eigenvalue weighted by Crippen LogP contribution is -2.12. The Morgan fingerprint density at radius 1 is 1.18 bits per heavy atom. The summed E-state index contributed by atoms with van der Waals surface area (Å²) in [5, 5.41) is 2.97. The SMILES string of the molecule is NC(=S)c1cnc(Nc2ccc(F)cc2)cn1. The zero-order valence-electron chi connectivity index (χ0n) is 8.72. The van der Waals surface area contributed by atoms with Crippen molar-refractivity contribution < 1.29 is 4.39 Å². The molecule has 0 spiro atoms. The highest BCUT2D eigenvalue weighted by molar-refractivity contribution is 7.80. The maximum absolute atomic E-state index is 12.7. The normalized spacial score (nSPS) is 9.94. The van der Waals surface area contributed by atoms with Crippen molar-refractivity contribution in [1.82, 2.24) is 9.97 Å². The van der Waals surface area contributed by atoms with Gasteiger partial charge in [-0.2, -0.15) is 0 Å². The van der Waals surface area contributed by atoms with Gasteiger partial charge in [0.25, 0.3) is 0 Å². The van der Waals surface area contributed by atoms with Crippen molar-refractivity contribution in [2.45, 2.75) is 0 Å². The molecular weight excluding hydrogens is 239 g/mol. The fourth-order valence-electron chi connectivity index (χ4n) is 1.20. The Hall–Kier alpha value is -2.08. The summed E-state index contributed by atoms with van der Waals surface area (Å²) in [5.41, 5.74) is 6.59. The standard InChI is InChI=1S/C11H9FN4S/c12-7-1-3-8(4-2-7)16-10-6-14-9(5-15-10)11(13)17/h1-6H,(H2,13,17)(H,15,16). The van der Waals surface area contributed by atoms with Gasteiger partial charge in [0.2, 0.25) is 0 Å². The minimum atomic E-state index is -0.287. The first-order valence-electron chi connectivity index (χ1n) is 4.79. The number of hydrogen-bond donors (Lipinski definition) is 2. The number of benzene rings is 1. The van der Waals surface area contributed by atoms with Crippen molar-refractivity contribution in [2.24, 2.45) is 5.73 Å². The molecule has 0 aliphatic carbocycles. The van der Waals surface area contributed by atoms with Crippen molar-refractivity contribution in [2.75, 3.05) is 5.32 Å². The minimum Gasteiger partial charge on any atom is -0.388 e. The number of halogens is 1. The van der Waals surface area contributed by atoms with Gasteiger partial charge in [-0.1, -0.05) is 12.2 Å². The van der Waals surface area contributed by atoms with Gasteiger partial charge in [0.1, 0.15) is 22.3 Å². The van der Waals surface area contributed by atoms with E-state index in [0.29, 0.717) is 11.5 Å². The third-order valence-corrected chi connectivity index (χ3v) is 2.23. The molecule has 86 valence electrons. The van der Waals surface area contributed by atoms with Crippen molar-refractivity contribution in [3.8, 4) is 0 Å². The molecule has 0 saturated carbocycles. The topological polar surface area (TPSA) is 63.8 Å². The van der Waals surface area contributed by atoms with E-state index in [0.717, 1.165) is 5.69 Å². The highest BCUT2D eigenvalue weighted by Crippen LogP contribution is 2.13. The highest BCUT2D eigenvalue weighted by atomic mass is 32.1. The van der Waals surface area contributed by atoms with Gasteiger partial charge >= 0.3 is 0 Å². The van der Waals surface area contributed by atoms with Crippen LogP contribution < -0.4 is 11.1 Å². The molecule has 6 heteroatoms. The van der Waals surface area contributed by atoms with Crippen LogP contribution in [0.15, 0.2) is 36.7 Å². The molecule has 0 fully saturated rings. The third-order valence-electron chi connectivity index (χ3n) is 2.02. The second-order valence-electron chi connectivity index (χ2n) is 3.28. The third kappa shape index (κ3) is 2.94. The van der Waals surface area contributed by atoms with Crippen molar-refractivity contribution in [3.05, 3.63) is 48.2 Å². The van der Waals surface area contributed by atoms with Gasteiger partial charge in [0.15, 0.2) is 0 Å². The molecule has 2 aromatic rings. The molecule has 1 aromatic heterocycles. The summed E-state index contributed by atoms with van der Waals surface area (Å²) in [6, 6.07) is 5.94. The summed E-state index contributed by atoms with van der Waals surface area (Å²) in [5.74, 6) is 0.252. The molecule has 1 aromatic carbocycles. The Kier molecular flexibility index (Phi) is 3.24. The van der Waals surface area contributed by atoms with Crippen LogP contribution in [0.4, 0.5) is 15.9 Å². The lowest BCUT2D eigenvalue weighted by molar-refractivity contribution is 0.628. The predicted molar refractivity (Wildman–Crippen MR) is 67.6 cm³/mol. The molecule has 0 bridgehead atoms. The van der Waals surface area contributed by atoms with E-state index in [1.54, 1.807) is 12.1 Å². The van der Waals surface area contributed by atoms with Crippen LogP contribution in [0.5, 0.6) is 0 Å². The van der Waals surface area contributed by atoms with Gasteiger partial charge in [-0.25, -0.2) is 14.4 Å². The molecule has 0 unspecified atom stereocenters. The van der Waals surface area contributed by atoms with Crippen LogP contribution in [-0.2, 0) is 0 Å². The van der Waals surface area contributed by atoms with Crippen LogP contribution in [0.2, 0.25) is 0 Å². The van der Waals surface area contributed by atoms with Crippen molar-refractivity contribution >= 4 is 28.7 Å². The number of nitrogens with two attached hydrogens (primary N) is 1. The Morgan fingerprint density at radius 3 is 2.41 bits per heavy atom. The predicted octanol–water partition coefficient (Wildman–Crippen LogP) is 1.99. The average Bonchev–Trinajstić information content (AvgIpc) is 2.33. The molecule has 0 saturated heterocycles. The smallest absolute Gasteiger partial charge is 0.148 e. The second kappa shape index (κ2) is 4.84. The van der Waals surface area contributed by atoms with Crippen LogP contribution in [0.25, 0.3) is 0 Å². The van der Waals surface area contributed by atoms with E-state index >= 15 is 0 Å². The molecule has 4 nitrogen and oxygen atoms in total. The summed E-state index contributed by atoms with van der Waals surface area (Å²) in [6.45, 7) is 0. The van der Waals surface area contributed by atoms with Crippen molar-refractivity contribution in [1.29, 1.82) is 0 Å². The quantitative estimate of drug-likeness (QED) is 0.813. The Balaban J connectivity index is 2.13. The van der Waals surface area contributed by atoms with Gasteiger partial charge in [-0.05, 0) is 24.3 Å². The second-order valence-corrected chi connectivity index (χ2v) is 3.72. The number of hydrogen-bond acceptors (Lipinski definition) is 4. The molecule has 17 heavy (non-hydrogen) atoms. The summed E-state index contributed by atoms with van der Waals surface area (Å²) in [7, 11) is 0. The Labute approximate surface area is 103 Å². The minimum absolute atomic E-state index is 0.200. The Morgan fingerprint density at radius 2 is 1.88 bits per heavy atom. The van der Waals surface area contributed by atoms with E-state index in [9.17, 15) is 4.39 Å². The molecule has 0 aliphatic rings. The molecule has 1 heterocycles. The van der Waals surface area contributed by atoms with Gasteiger partial charge in [0, 0.05) is 5.69 Å². The zero-order valence-corrected chi connectivity index (χ0v) is 9.54. The lowest BCUT2D eigenvalue weighted by Gasteiger charge is -2.05. The van der Waals surface area contributed by atoms with Crippen molar-refractivity contribution in [3.63, 3.8) is 0 Å². The van der Waals surface area contributed by atoms with E-state index in [1.807, 2.05) is 0 Å². The molecule has 3 N–H and O–H groups in total. The monoisotopic (exact) mass is 248 g/mol. The van der Waals surface area contributed by atoms with Crippen LogP contribution in [0, 0.1) is 5.82 Å². The van der Waals surface area contributed by atoms with E-state index < -0.39 is 0 Å². The van der Waals surface area contributed by atoms with E-state index in [1.165, 1.54) is 24.5 Å². The summed E-state index contributed by atoms with van der Waals surface area (Å²) in [6.07, 6.45) is 2.99. The molecule has 0 atom stereocenters. The lowest BCUT2D eigenvalue weighted by atomic mass is 10.3. The highest BCUT2D eigenvalue weighted by Gasteiger charge is 2.00. The Bertz CT molecular complexity index is 524. The summed E-state index contributed by atoms with van der Waals surface area (Å²) in [4.78, 5) is 8.31. The molecule has 0 aliphatic heterocycles. The number of thiocarbonyl (C=S) groups is 1. The summed E-state index contributed by atoms with van der Waals surface area (Å²) >= 11 is 4.76. The van der Waals surface area contributed by atoms with Gasteiger partial charge in [-0.3, -0.25) is 0 Å². The molecular formula is C11H9FN4S. The van der Waals surface area contributed by atoms with Gasteiger partial charge in [0.05, 0.1) is 12.4 Å². The van der Waals surface area contributed by atoms with Crippen LogP contribution in [0.1, 0.15) is 5.69 Å². The first-order valence-corrected chi connectivity index (χ1v) is 5.20. The zero-order chi connectivity index (χ0) is 12.3. The van der Waals surface area contributed by atoms with Gasteiger partial charge in [-0.15, -0.1) is 0 Å². The molecule has 0 radical (unpaired) electrons. The number of nitrogens with one attached hydrogen (secondary N) is 1. The number of aromatic nitrogens is 2. The summed E-state index contributed by atoms with van der Waals surface area (Å²) < 4.78 is 12.7.